The van der Waals surface area contributed by atoms with E-state index >= 15 is 0 Å². The summed E-state index contributed by atoms with van der Waals surface area (Å²) >= 11 is 1.43. The maximum absolute atomic E-state index is 11.6. The van der Waals surface area contributed by atoms with Crippen molar-refractivity contribution in [3.8, 4) is 5.75 Å². The summed E-state index contributed by atoms with van der Waals surface area (Å²) in [5.74, 6) is 0.659. The number of aromatic amines is 1. The van der Waals surface area contributed by atoms with Crippen molar-refractivity contribution in [2.75, 3.05) is 6.61 Å². The Kier molecular flexibility index (Phi) is 3.56. The lowest BCUT2D eigenvalue weighted by atomic mass is 10.3. The first-order valence-corrected chi connectivity index (χ1v) is 7.53. The minimum absolute atomic E-state index is 0.00562. The van der Waals surface area contributed by atoms with Gasteiger partial charge in [-0.1, -0.05) is 11.8 Å². The molecule has 3 rings (SSSR count). The summed E-state index contributed by atoms with van der Waals surface area (Å²) in [6.45, 7) is 4.49. The lowest BCUT2D eigenvalue weighted by molar-refractivity contribution is -0.140. The van der Waals surface area contributed by atoms with Crippen LogP contribution in [0, 0.1) is 0 Å². The van der Waals surface area contributed by atoms with Crippen LogP contribution in [0.2, 0.25) is 0 Å². The smallest absolute Gasteiger partial charge is 0.319 e. The van der Waals surface area contributed by atoms with Gasteiger partial charge in [-0.05, 0) is 26.0 Å². The van der Waals surface area contributed by atoms with Crippen molar-refractivity contribution < 1.29 is 14.3 Å². The third-order valence-corrected chi connectivity index (χ3v) is 4.21. The van der Waals surface area contributed by atoms with Gasteiger partial charge in [0.15, 0.2) is 5.16 Å². The van der Waals surface area contributed by atoms with Crippen molar-refractivity contribution in [1.29, 1.82) is 0 Å². The van der Waals surface area contributed by atoms with Crippen molar-refractivity contribution in [3.05, 3.63) is 18.2 Å². The van der Waals surface area contributed by atoms with Gasteiger partial charge in [0.25, 0.3) is 0 Å². The average molecular weight is 292 g/mol. The Morgan fingerprint density at radius 3 is 3.10 bits per heavy atom. The first-order valence-electron chi connectivity index (χ1n) is 6.65. The fourth-order valence-corrected chi connectivity index (χ4v) is 3.34. The summed E-state index contributed by atoms with van der Waals surface area (Å²) in [7, 11) is 0. The zero-order valence-electron chi connectivity index (χ0n) is 11.4. The molecule has 1 N–H and O–H groups in total. The molecule has 0 saturated carbocycles. The molecule has 1 saturated heterocycles. The molecule has 0 amide bonds. The molecule has 106 valence electrons. The molecule has 0 spiro atoms. The Hall–Kier alpha value is -1.69. The summed E-state index contributed by atoms with van der Waals surface area (Å²) in [6.07, 6.45) is 0.721. The molecule has 1 aromatic carbocycles. The van der Waals surface area contributed by atoms with Crippen LogP contribution >= 0.6 is 11.8 Å². The van der Waals surface area contributed by atoms with Crippen LogP contribution in [0.15, 0.2) is 23.4 Å². The monoisotopic (exact) mass is 292 g/mol. The normalized spacial score (nSPS) is 22.2. The van der Waals surface area contributed by atoms with Crippen molar-refractivity contribution in [3.63, 3.8) is 0 Å². The third-order valence-electron chi connectivity index (χ3n) is 3.12. The Bertz CT molecular complexity index is 640. The molecule has 0 aliphatic carbocycles. The number of ether oxygens (including phenoxy) is 2. The predicted molar refractivity (Wildman–Crippen MR) is 77.1 cm³/mol. The minimum atomic E-state index is -0.170. The van der Waals surface area contributed by atoms with E-state index in [1.54, 1.807) is 0 Å². The maximum atomic E-state index is 11.6. The Labute approximate surface area is 121 Å². The lowest BCUT2D eigenvalue weighted by Crippen LogP contribution is -2.09. The van der Waals surface area contributed by atoms with Gasteiger partial charge in [-0.15, -0.1) is 0 Å². The number of esters is 1. The summed E-state index contributed by atoms with van der Waals surface area (Å²) in [4.78, 5) is 19.3. The molecular formula is C14H16N2O3S. The highest BCUT2D eigenvalue weighted by atomic mass is 32.2. The molecule has 1 aromatic heterocycles. The molecule has 6 heteroatoms. The molecule has 1 fully saturated rings. The standard InChI is InChI=1S/C14H16N2O3S/c1-3-18-9-4-5-10-11(7-9)16-14(15-10)20-12-6-8(2)19-13(12)17/h4-5,7-8,12H,3,6H2,1-2H3,(H,15,16)/t8-,12-/m0/s1. The number of imidazole rings is 1. The van der Waals surface area contributed by atoms with Gasteiger partial charge in [-0.25, -0.2) is 4.98 Å². The van der Waals surface area contributed by atoms with Crippen molar-refractivity contribution >= 4 is 28.8 Å². The highest BCUT2D eigenvalue weighted by Crippen LogP contribution is 2.32. The number of H-pyrrole nitrogens is 1. The lowest BCUT2D eigenvalue weighted by Gasteiger charge is -2.01. The van der Waals surface area contributed by atoms with Crippen LogP contribution in [0.3, 0.4) is 0 Å². The van der Waals surface area contributed by atoms with Gasteiger partial charge in [0, 0.05) is 12.5 Å². The van der Waals surface area contributed by atoms with E-state index in [1.807, 2.05) is 32.0 Å². The molecule has 0 radical (unpaired) electrons. The average Bonchev–Trinajstić information content (AvgIpc) is 2.93. The van der Waals surface area contributed by atoms with Crippen LogP contribution in [0.1, 0.15) is 20.3 Å². The van der Waals surface area contributed by atoms with Gasteiger partial charge in [0.1, 0.15) is 17.1 Å². The van der Waals surface area contributed by atoms with Crippen molar-refractivity contribution in [2.45, 2.75) is 36.8 Å². The van der Waals surface area contributed by atoms with E-state index in [0.29, 0.717) is 6.61 Å². The van der Waals surface area contributed by atoms with E-state index in [2.05, 4.69) is 9.97 Å². The highest BCUT2D eigenvalue weighted by molar-refractivity contribution is 8.00. The topological polar surface area (TPSA) is 64.2 Å². The summed E-state index contributed by atoms with van der Waals surface area (Å²) in [6, 6.07) is 5.73. The van der Waals surface area contributed by atoms with Crippen LogP contribution < -0.4 is 4.74 Å². The SMILES string of the molecule is CCOc1ccc2nc(S[C@H]3C[C@H](C)OC3=O)[nH]c2c1. The van der Waals surface area contributed by atoms with E-state index in [9.17, 15) is 4.79 Å². The molecule has 20 heavy (non-hydrogen) atoms. The van der Waals surface area contributed by atoms with Gasteiger partial charge in [0.2, 0.25) is 0 Å². The molecule has 2 atom stereocenters. The van der Waals surface area contributed by atoms with E-state index in [1.165, 1.54) is 11.8 Å². The molecular weight excluding hydrogens is 276 g/mol. The second kappa shape index (κ2) is 5.36. The van der Waals surface area contributed by atoms with Gasteiger partial charge in [-0.3, -0.25) is 4.79 Å². The van der Waals surface area contributed by atoms with Crippen LogP contribution in [-0.4, -0.2) is 33.9 Å². The fourth-order valence-electron chi connectivity index (χ4n) is 2.23. The number of rotatable bonds is 4. The van der Waals surface area contributed by atoms with Crippen molar-refractivity contribution in [2.24, 2.45) is 0 Å². The second-order valence-electron chi connectivity index (χ2n) is 4.74. The third kappa shape index (κ3) is 2.60. The Morgan fingerprint density at radius 2 is 2.40 bits per heavy atom. The molecule has 5 nitrogen and oxygen atoms in total. The number of aromatic nitrogens is 2. The number of carbonyl (C=O) groups excluding carboxylic acids is 1. The zero-order chi connectivity index (χ0) is 14.1. The van der Waals surface area contributed by atoms with E-state index in [4.69, 9.17) is 9.47 Å². The molecule has 1 aliphatic heterocycles. The minimum Gasteiger partial charge on any atom is -0.494 e. The summed E-state index contributed by atoms with van der Waals surface area (Å²) in [5.41, 5.74) is 1.79. The number of carbonyl (C=O) groups is 1. The van der Waals surface area contributed by atoms with Gasteiger partial charge >= 0.3 is 5.97 Å². The number of hydrogen-bond donors (Lipinski definition) is 1. The van der Waals surface area contributed by atoms with E-state index in [0.717, 1.165) is 28.4 Å². The molecule has 1 aliphatic rings. The molecule has 2 aromatic rings. The quantitative estimate of drug-likeness (QED) is 0.878. The van der Waals surface area contributed by atoms with Gasteiger partial charge < -0.3 is 14.5 Å². The number of thioether (sulfide) groups is 1. The van der Waals surface area contributed by atoms with E-state index in [-0.39, 0.29) is 17.3 Å². The van der Waals surface area contributed by atoms with Crippen LogP contribution in [0.5, 0.6) is 5.75 Å². The largest absolute Gasteiger partial charge is 0.494 e. The Morgan fingerprint density at radius 1 is 1.55 bits per heavy atom. The Balaban J connectivity index is 1.80. The van der Waals surface area contributed by atoms with Crippen LogP contribution in [0.25, 0.3) is 11.0 Å². The zero-order valence-corrected chi connectivity index (χ0v) is 12.2. The number of cyclic esters (lactones) is 1. The molecule has 2 heterocycles. The maximum Gasteiger partial charge on any atom is 0.319 e. The number of benzene rings is 1. The first kappa shape index (κ1) is 13.3. The number of nitrogens with one attached hydrogen (secondary N) is 1. The highest BCUT2D eigenvalue weighted by Gasteiger charge is 2.33. The molecule has 0 unspecified atom stereocenters. The number of hydrogen-bond acceptors (Lipinski definition) is 5. The molecule has 0 bridgehead atoms. The van der Waals surface area contributed by atoms with Crippen LogP contribution in [0.4, 0.5) is 0 Å². The summed E-state index contributed by atoms with van der Waals surface area (Å²) in [5, 5.41) is 0.571. The first-order chi connectivity index (χ1) is 9.65. The van der Waals surface area contributed by atoms with Gasteiger partial charge in [0.05, 0.1) is 17.6 Å². The predicted octanol–water partition coefficient (Wildman–Crippen LogP) is 2.76. The van der Waals surface area contributed by atoms with E-state index < -0.39 is 0 Å². The number of nitrogens with zero attached hydrogens (tertiary/aromatic N) is 1. The van der Waals surface area contributed by atoms with Crippen molar-refractivity contribution in [1.82, 2.24) is 9.97 Å². The van der Waals surface area contributed by atoms with Gasteiger partial charge in [-0.2, -0.15) is 0 Å². The van der Waals surface area contributed by atoms with Crippen LogP contribution in [-0.2, 0) is 9.53 Å². The fraction of sp³-hybridized carbons (Fsp3) is 0.429. The second-order valence-corrected chi connectivity index (χ2v) is 5.94. The number of fused-ring (bicyclic) bond motifs is 1. The summed E-state index contributed by atoms with van der Waals surface area (Å²) < 4.78 is 10.6.